The van der Waals surface area contributed by atoms with E-state index >= 15 is 0 Å². The van der Waals surface area contributed by atoms with Gasteiger partial charge in [0.15, 0.2) is 5.78 Å². The van der Waals surface area contributed by atoms with Gasteiger partial charge in [-0.25, -0.2) is 0 Å². The second-order valence-corrected chi connectivity index (χ2v) is 20.6. The first-order chi connectivity index (χ1) is 22.5. The van der Waals surface area contributed by atoms with Crippen LogP contribution in [0.2, 0.25) is 0 Å². The quantitative estimate of drug-likeness (QED) is 0.308. The van der Waals surface area contributed by atoms with Gasteiger partial charge in [-0.15, -0.1) is 0 Å². The highest BCUT2D eigenvalue weighted by Gasteiger charge is 2.70. The maximum absolute atomic E-state index is 14.9. The van der Waals surface area contributed by atoms with Gasteiger partial charge >= 0.3 is 0 Å². The molecule has 2 aromatic rings. The number of ketones is 1. The summed E-state index contributed by atoms with van der Waals surface area (Å²) < 4.78 is 16.1. The lowest BCUT2D eigenvalue weighted by atomic mass is 9.38. The van der Waals surface area contributed by atoms with E-state index in [9.17, 15) is 9.90 Å². The molecule has 1 aromatic heterocycles. The number of benzene rings is 1. The Hall–Kier alpha value is -2.21. The maximum Gasteiger partial charge on any atom is 0.192 e. The van der Waals surface area contributed by atoms with Crippen molar-refractivity contribution in [1.82, 2.24) is 4.57 Å². The van der Waals surface area contributed by atoms with Crippen LogP contribution in [-0.4, -0.2) is 38.4 Å². The Balaban J connectivity index is 1.28. The Morgan fingerprint density at radius 3 is 2.37 bits per heavy atom. The largest absolute Gasteiger partial charge is 0.388 e. The van der Waals surface area contributed by atoms with Crippen LogP contribution in [-0.2, 0) is 21.3 Å². The Bertz CT molecular complexity index is 1940. The molecule has 1 saturated heterocycles. The molecule has 5 unspecified atom stereocenters. The van der Waals surface area contributed by atoms with Crippen LogP contribution >= 0.6 is 0 Å². The van der Waals surface area contributed by atoms with Crippen molar-refractivity contribution < 1.29 is 19.4 Å². The fourth-order valence-electron chi connectivity index (χ4n) is 14.1. The summed E-state index contributed by atoms with van der Waals surface area (Å²) in [7, 11) is 0. The van der Waals surface area contributed by atoms with Crippen LogP contribution in [0.4, 0.5) is 0 Å². The first-order valence-electron chi connectivity index (χ1n) is 19.3. The molecular formula is C44H59NO4. The molecule has 3 fully saturated rings. The number of fused-ring (bicyclic) bond motifs is 13. The van der Waals surface area contributed by atoms with Crippen LogP contribution in [0.5, 0.6) is 0 Å². The topological polar surface area (TPSA) is 60.7 Å². The zero-order valence-electron chi connectivity index (χ0n) is 32.2. The molecule has 0 bridgehead atoms. The van der Waals surface area contributed by atoms with Crippen molar-refractivity contribution in [3.8, 4) is 0 Å². The Labute approximate surface area is 293 Å². The van der Waals surface area contributed by atoms with Crippen molar-refractivity contribution in [1.29, 1.82) is 0 Å². The summed E-state index contributed by atoms with van der Waals surface area (Å²) in [5.41, 5.74) is 7.43. The van der Waals surface area contributed by atoms with Crippen LogP contribution in [0.1, 0.15) is 160 Å². The number of aromatic nitrogens is 1. The van der Waals surface area contributed by atoms with Crippen molar-refractivity contribution in [3.05, 3.63) is 52.2 Å². The van der Waals surface area contributed by atoms with Crippen molar-refractivity contribution in [2.75, 3.05) is 0 Å². The van der Waals surface area contributed by atoms with E-state index in [1.165, 1.54) is 35.9 Å². The van der Waals surface area contributed by atoms with Gasteiger partial charge < -0.3 is 19.1 Å². The van der Waals surface area contributed by atoms with Gasteiger partial charge in [0.05, 0.1) is 40.1 Å². The average Bonchev–Trinajstić information content (AvgIpc) is 3.62. The molecule has 1 N–H and O–H groups in total. The summed E-state index contributed by atoms with van der Waals surface area (Å²) >= 11 is 0. The number of Topliss-reactive ketones (excluding diaryl/α,β-unsaturated/α-hetero) is 1. The first-order valence-corrected chi connectivity index (χ1v) is 19.3. The molecule has 49 heavy (non-hydrogen) atoms. The van der Waals surface area contributed by atoms with Crippen LogP contribution in [0, 0.1) is 34.0 Å². The van der Waals surface area contributed by atoms with Gasteiger partial charge in [0.2, 0.25) is 0 Å². The van der Waals surface area contributed by atoms with Crippen molar-refractivity contribution in [3.63, 3.8) is 0 Å². The van der Waals surface area contributed by atoms with Crippen LogP contribution in [0.3, 0.4) is 0 Å². The lowest BCUT2D eigenvalue weighted by Crippen LogP contribution is -2.67. The predicted molar refractivity (Wildman–Crippen MR) is 196 cm³/mol. The second kappa shape index (κ2) is 9.04. The third-order valence-corrected chi connectivity index (χ3v) is 16.6. The number of aliphatic hydroxyl groups excluding tert-OH is 1. The maximum atomic E-state index is 14.9. The number of hydrogen-bond acceptors (Lipinski definition) is 4. The van der Waals surface area contributed by atoms with Crippen molar-refractivity contribution >= 4 is 22.3 Å². The smallest absolute Gasteiger partial charge is 0.192 e. The summed E-state index contributed by atoms with van der Waals surface area (Å²) in [5.74, 6) is 0.932. The lowest BCUT2D eigenvalue weighted by Gasteiger charge is -2.69. The molecule has 0 amide bonds. The number of aliphatic hydroxyl groups is 1. The fraction of sp³-hybridized carbons (Fsp3) is 0.705. The summed E-state index contributed by atoms with van der Waals surface area (Å²) in [6, 6.07) is 1.93. The van der Waals surface area contributed by atoms with Crippen LogP contribution in [0.25, 0.3) is 16.5 Å². The summed E-state index contributed by atoms with van der Waals surface area (Å²) in [6.07, 6.45) is 8.56. The van der Waals surface area contributed by atoms with E-state index < -0.39 is 23.3 Å². The van der Waals surface area contributed by atoms with Gasteiger partial charge in [-0.05, 0) is 144 Å². The lowest BCUT2D eigenvalue weighted by molar-refractivity contribution is -0.283. The molecule has 0 radical (unpaired) electrons. The molecule has 5 nitrogen and oxygen atoms in total. The molecule has 4 aliphatic carbocycles. The minimum Gasteiger partial charge on any atom is -0.388 e. The number of nitrogens with zero attached hydrogens (tertiary/aromatic N) is 1. The molecule has 9 rings (SSSR count). The SMILES string of the molecule is C=C(C)C1C(=O)c2c3c(cc4c5c(n1c24)C1(C)C(CCC2[C@]4(C)CC(C)(C)C(C)(C)O[C@H]4CC[C@@]21C)C5)C1=CC(C)(C)OC(C)(C)C1[C@@H]3O. The molecule has 264 valence electrons. The summed E-state index contributed by atoms with van der Waals surface area (Å²) in [6.45, 7) is 32.1. The van der Waals surface area contributed by atoms with E-state index in [2.05, 4.69) is 99.4 Å². The number of allylic oxidation sites excluding steroid dienone is 1. The zero-order chi connectivity index (χ0) is 35.4. The predicted octanol–water partition coefficient (Wildman–Crippen LogP) is 9.83. The molecule has 7 aliphatic rings. The van der Waals surface area contributed by atoms with E-state index in [1.54, 1.807) is 0 Å². The molecular weight excluding hydrogens is 606 g/mol. The first kappa shape index (κ1) is 32.7. The Kier molecular flexibility index (Phi) is 6.03. The minimum atomic E-state index is -0.799. The van der Waals surface area contributed by atoms with Gasteiger partial charge in [-0.3, -0.25) is 4.79 Å². The Morgan fingerprint density at radius 2 is 1.69 bits per heavy atom. The number of carbonyl (C=O) groups is 1. The third kappa shape index (κ3) is 3.57. The minimum absolute atomic E-state index is 0.0528. The molecule has 2 saturated carbocycles. The molecule has 1 aromatic carbocycles. The van der Waals surface area contributed by atoms with Crippen LogP contribution in [0.15, 0.2) is 24.3 Å². The van der Waals surface area contributed by atoms with Gasteiger partial charge in [0, 0.05) is 28.0 Å². The number of ether oxygens (including phenoxy) is 2. The standard InChI is InChI=1S/C44H59NO4/c1-22(2)33-36(47)31-30-24(27-20-39(5,6)49-40(7,8)32(27)35(30)46)19-25-26-18-23-14-15-28-42(11)21-38(3,4)41(9,10)48-29(42)16-17-43(28,12)44(23,13)37(26)45(33)34(25)31/h19-20,23,28-29,32-33,35,46H,1,14-18,21H2,2-13H3/t23?,28?,29-,32?,33?,35+,42-,43-,44?/m0/s1. The van der Waals surface area contributed by atoms with E-state index in [1.807, 2.05) is 6.92 Å². The molecule has 5 heteroatoms. The van der Waals surface area contributed by atoms with Crippen molar-refractivity contribution in [2.24, 2.45) is 34.0 Å². The normalized spacial score (nSPS) is 42.9. The highest BCUT2D eigenvalue weighted by Crippen LogP contribution is 2.74. The fourth-order valence-corrected chi connectivity index (χ4v) is 14.1. The number of carbonyl (C=O) groups excluding carboxylic acids is 1. The number of hydrogen-bond donors (Lipinski definition) is 1. The van der Waals surface area contributed by atoms with E-state index in [0.29, 0.717) is 11.8 Å². The van der Waals surface area contributed by atoms with Gasteiger partial charge in [0.25, 0.3) is 0 Å². The van der Waals surface area contributed by atoms with Crippen molar-refractivity contribution in [2.45, 2.75) is 162 Å². The molecule has 9 atom stereocenters. The highest BCUT2D eigenvalue weighted by atomic mass is 16.5. The van der Waals surface area contributed by atoms with Gasteiger partial charge in [0.1, 0.15) is 6.04 Å². The Morgan fingerprint density at radius 1 is 1.00 bits per heavy atom. The van der Waals surface area contributed by atoms with E-state index in [4.69, 9.17) is 9.47 Å². The highest BCUT2D eigenvalue weighted by molar-refractivity contribution is 6.18. The molecule has 0 spiro atoms. The second-order valence-electron chi connectivity index (χ2n) is 20.6. The average molecular weight is 666 g/mol. The van der Waals surface area contributed by atoms with E-state index in [-0.39, 0.29) is 45.1 Å². The summed E-state index contributed by atoms with van der Waals surface area (Å²) in [4.78, 5) is 14.9. The number of rotatable bonds is 1. The third-order valence-electron chi connectivity index (χ3n) is 16.6. The van der Waals surface area contributed by atoms with Gasteiger partial charge in [-0.2, -0.15) is 0 Å². The zero-order valence-corrected chi connectivity index (χ0v) is 32.2. The van der Waals surface area contributed by atoms with E-state index in [0.717, 1.165) is 52.6 Å². The van der Waals surface area contributed by atoms with Crippen LogP contribution < -0.4 is 0 Å². The van der Waals surface area contributed by atoms with Gasteiger partial charge in [-0.1, -0.05) is 46.8 Å². The molecule has 4 heterocycles. The monoisotopic (exact) mass is 665 g/mol. The summed E-state index contributed by atoms with van der Waals surface area (Å²) in [5, 5.41) is 13.4. The molecule has 3 aliphatic heterocycles.